The number of amides is 1. The molecule has 0 aliphatic heterocycles. The molecule has 3 N–H and O–H groups in total. The van der Waals surface area contributed by atoms with Gasteiger partial charge in [-0.05, 0) is 26.0 Å². The van der Waals surface area contributed by atoms with E-state index >= 15 is 0 Å². The lowest BCUT2D eigenvalue weighted by Crippen LogP contribution is -2.42. The molecule has 0 bridgehead atoms. The third-order valence-electron chi connectivity index (χ3n) is 3.31. The van der Waals surface area contributed by atoms with E-state index in [0.717, 1.165) is 6.54 Å². The summed E-state index contributed by atoms with van der Waals surface area (Å²) in [6, 6.07) is -0.0448. The van der Waals surface area contributed by atoms with Crippen molar-refractivity contribution in [2.75, 3.05) is 12.8 Å². The van der Waals surface area contributed by atoms with Crippen LogP contribution in [0.15, 0.2) is 0 Å². The van der Waals surface area contributed by atoms with Gasteiger partial charge in [-0.2, -0.15) is 11.8 Å². The van der Waals surface area contributed by atoms with Gasteiger partial charge in [0.2, 0.25) is 5.91 Å². The van der Waals surface area contributed by atoms with E-state index in [1.54, 1.807) is 0 Å². The van der Waals surface area contributed by atoms with Crippen molar-refractivity contribution in [3.05, 3.63) is 0 Å². The van der Waals surface area contributed by atoms with Gasteiger partial charge in [-0.15, -0.1) is 0 Å². The van der Waals surface area contributed by atoms with Crippen LogP contribution in [0, 0.1) is 0 Å². The predicted molar refractivity (Wildman–Crippen MR) is 70.6 cm³/mol. The molecule has 1 saturated carbocycles. The van der Waals surface area contributed by atoms with Gasteiger partial charge in [0.25, 0.3) is 0 Å². The molecule has 0 spiro atoms. The van der Waals surface area contributed by atoms with E-state index in [-0.39, 0.29) is 16.7 Å². The molecule has 1 aliphatic rings. The van der Waals surface area contributed by atoms with Gasteiger partial charge in [0.05, 0.1) is 0 Å². The Kier molecular flexibility index (Phi) is 5.62. The van der Waals surface area contributed by atoms with Crippen LogP contribution in [0.5, 0.6) is 0 Å². The molecule has 0 saturated heterocycles. The van der Waals surface area contributed by atoms with Gasteiger partial charge in [0.1, 0.15) is 0 Å². The summed E-state index contributed by atoms with van der Waals surface area (Å²) in [6.07, 6.45) is 8.98. The predicted octanol–water partition coefficient (Wildman–Crippen LogP) is 1.91. The van der Waals surface area contributed by atoms with Crippen LogP contribution in [0.2, 0.25) is 0 Å². The second kappa shape index (κ2) is 6.50. The highest BCUT2D eigenvalue weighted by Crippen LogP contribution is 2.37. The Morgan fingerprint density at radius 2 is 2.06 bits per heavy atom. The van der Waals surface area contributed by atoms with Gasteiger partial charge in [0, 0.05) is 23.8 Å². The lowest BCUT2D eigenvalue weighted by Gasteiger charge is -2.35. The molecular weight excluding hydrogens is 220 g/mol. The van der Waals surface area contributed by atoms with E-state index < -0.39 is 0 Å². The third kappa shape index (κ3) is 4.34. The number of carbonyl (C=O) groups excluding carboxylic acids is 1. The topological polar surface area (TPSA) is 55.1 Å². The van der Waals surface area contributed by atoms with Gasteiger partial charge in [-0.3, -0.25) is 4.79 Å². The molecule has 1 fully saturated rings. The van der Waals surface area contributed by atoms with Crippen molar-refractivity contribution < 1.29 is 4.79 Å². The van der Waals surface area contributed by atoms with Crippen molar-refractivity contribution in [1.29, 1.82) is 0 Å². The van der Waals surface area contributed by atoms with Crippen LogP contribution in [0.1, 0.15) is 45.4 Å². The lowest BCUT2D eigenvalue weighted by molar-refractivity contribution is -0.121. The fourth-order valence-electron chi connectivity index (χ4n) is 2.27. The average Bonchev–Trinajstić information content (AvgIpc) is 2.27. The first-order valence-electron chi connectivity index (χ1n) is 6.15. The summed E-state index contributed by atoms with van der Waals surface area (Å²) < 4.78 is 0.283. The summed E-state index contributed by atoms with van der Waals surface area (Å²) in [6.45, 7) is 2.67. The molecule has 1 rings (SSSR count). The molecule has 4 heteroatoms. The molecule has 3 nitrogen and oxygen atoms in total. The second-order valence-electron chi connectivity index (χ2n) is 4.91. The van der Waals surface area contributed by atoms with E-state index in [4.69, 9.17) is 5.73 Å². The fraction of sp³-hybridized carbons (Fsp3) is 0.917. The van der Waals surface area contributed by atoms with Gasteiger partial charge in [-0.1, -0.05) is 19.3 Å². The molecule has 1 aliphatic carbocycles. The molecule has 1 unspecified atom stereocenters. The highest BCUT2D eigenvalue weighted by atomic mass is 32.2. The van der Waals surface area contributed by atoms with E-state index in [2.05, 4.69) is 11.6 Å². The molecule has 0 heterocycles. The number of hydrogen-bond donors (Lipinski definition) is 2. The summed E-state index contributed by atoms with van der Waals surface area (Å²) in [4.78, 5) is 11.6. The number of rotatable bonds is 5. The molecule has 0 aromatic carbocycles. The van der Waals surface area contributed by atoms with E-state index in [1.807, 2.05) is 18.7 Å². The maximum atomic E-state index is 11.6. The molecular formula is C12H24N2OS. The second-order valence-corrected chi connectivity index (χ2v) is 6.18. The number of carbonyl (C=O) groups is 1. The molecule has 0 aromatic rings. The smallest absolute Gasteiger partial charge is 0.221 e. The largest absolute Gasteiger partial charge is 0.355 e. The van der Waals surface area contributed by atoms with Crippen molar-refractivity contribution >= 4 is 17.7 Å². The standard InChI is InChI=1S/C12H24N2OS/c1-10(13)8-11(15)14-9-12(16-2)6-4-3-5-7-12/h10H,3-9,13H2,1-2H3,(H,14,15). The van der Waals surface area contributed by atoms with Crippen LogP contribution in [-0.2, 0) is 4.79 Å². The summed E-state index contributed by atoms with van der Waals surface area (Å²) in [5.41, 5.74) is 5.60. The highest BCUT2D eigenvalue weighted by molar-refractivity contribution is 8.00. The van der Waals surface area contributed by atoms with Crippen molar-refractivity contribution in [1.82, 2.24) is 5.32 Å². The van der Waals surface area contributed by atoms with Crippen LogP contribution < -0.4 is 11.1 Å². The summed E-state index contributed by atoms with van der Waals surface area (Å²) >= 11 is 1.91. The third-order valence-corrected chi connectivity index (χ3v) is 4.73. The van der Waals surface area contributed by atoms with Crippen molar-refractivity contribution in [3.63, 3.8) is 0 Å². The zero-order chi connectivity index (χ0) is 12.0. The van der Waals surface area contributed by atoms with Gasteiger partial charge in [-0.25, -0.2) is 0 Å². The van der Waals surface area contributed by atoms with Crippen molar-refractivity contribution in [2.24, 2.45) is 5.73 Å². The molecule has 94 valence electrons. The number of nitrogens with one attached hydrogen (secondary N) is 1. The van der Waals surface area contributed by atoms with E-state index in [1.165, 1.54) is 32.1 Å². The maximum Gasteiger partial charge on any atom is 0.221 e. The fourth-order valence-corrected chi connectivity index (χ4v) is 3.19. The van der Waals surface area contributed by atoms with Crippen molar-refractivity contribution in [2.45, 2.75) is 56.2 Å². The van der Waals surface area contributed by atoms with Crippen molar-refractivity contribution in [3.8, 4) is 0 Å². The summed E-state index contributed by atoms with van der Waals surface area (Å²) in [5, 5.41) is 3.04. The van der Waals surface area contributed by atoms with Gasteiger partial charge < -0.3 is 11.1 Å². The Labute approximate surface area is 103 Å². The maximum absolute atomic E-state index is 11.6. The minimum Gasteiger partial charge on any atom is -0.355 e. The Hall–Kier alpha value is -0.220. The minimum atomic E-state index is -0.0448. The van der Waals surface area contributed by atoms with Gasteiger partial charge >= 0.3 is 0 Å². The zero-order valence-electron chi connectivity index (χ0n) is 10.4. The monoisotopic (exact) mass is 244 g/mol. The Morgan fingerprint density at radius 1 is 1.44 bits per heavy atom. The molecule has 1 atom stereocenters. The summed E-state index contributed by atoms with van der Waals surface area (Å²) in [7, 11) is 0. The Balaban J connectivity index is 2.35. The zero-order valence-corrected chi connectivity index (χ0v) is 11.2. The summed E-state index contributed by atoms with van der Waals surface area (Å²) in [5.74, 6) is 0.0917. The van der Waals surface area contributed by atoms with Crippen LogP contribution in [0.4, 0.5) is 0 Å². The van der Waals surface area contributed by atoms with Crippen LogP contribution in [0.25, 0.3) is 0 Å². The van der Waals surface area contributed by atoms with Crippen LogP contribution in [-0.4, -0.2) is 29.5 Å². The van der Waals surface area contributed by atoms with Crippen LogP contribution >= 0.6 is 11.8 Å². The lowest BCUT2D eigenvalue weighted by atomic mass is 9.88. The normalized spacial score (nSPS) is 21.4. The first-order valence-corrected chi connectivity index (χ1v) is 7.38. The van der Waals surface area contributed by atoms with Gasteiger partial charge in [0.15, 0.2) is 0 Å². The molecule has 0 radical (unpaired) electrons. The van der Waals surface area contributed by atoms with Crippen LogP contribution in [0.3, 0.4) is 0 Å². The minimum absolute atomic E-state index is 0.0448. The molecule has 1 amide bonds. The molecule has 0 aromatic heterocycles. The number of thioether (sulfide) groups is 1. The highest BCUT2D eigenvalue weighted by Gasteiger charge is 2.31. The van der Waals surface area contributed by atoms with E-state index in [0.29, 0.717) is 6.42 Å². The number of nitrogens with two attached hydrogens (primary N) is 1. The molecule has 16 heavy (non-hydrogen) atoms. The quantitative estimate of drug-likeness (QED) is 0.776. The average molecular weight is 244 g/mol. The first kappa shape index (κ1) is 13.8. The van der Waals surface area contributed by atoms with E-state index in [9.17, 15) is 4.79 Å². The first-order chi connectivity index (χ1) is 7.58. The SMILES string of the molecule is CSC1(CNC(=O)CC(C)N)CCCCC1. The Bertz CT molecular complexity index is 225. The Morgan fingerprint density at radius 3 is 2.56 bits per heavy atom. The number of hydrogen-bond acceptors (Lipinski definition) is 3.